The minimum absolute atomic E-state index is 0.0241. The molecule has 132 valence electrons. The van der Waals surface area contributed by atoms with E-state index in [2.05, 4.69) is 21.6 Å². The smallest absolute Gasteiger partial charge is 0.224 e. The first-order valence-electron chi connectivity index (χ1n) is 9.27. The van der Waals surface area contributed by atoms with Crippen LogP contribution in [0.5, 0.6) is 0 Å². The van der Waals surface area contributed by atoms with Crippen LogP contribution < -0.4 is 5.32 Å². The lowest BCUT2D eigenvalue weighted by atomic mass is 9.86. The fraction of sp³-hybridized carbons (Fsp3) is 0.500. The van der Waals surface area contributed by atoms with E-state index in [1.807, 2.05) is 24.4 Å². The van der Waals surface area contributed by atoms with Crippen LogP contribution in [0, 0.1) is 11.8 Å². The van der Waals surface area contributed by atoms with E-state index in [0.29, 0.717) is 5.92 Å². The number of H-pyrrole nitrogens is 1. The number of amides is 1. The van der Waals surface area contributed by atoms with E-state index in [1.54, 1.807) is 0 Å². The van der Waals surface area contributed by atoms with Crippen molar-refractivity contribution < 1.29 is 4.79 Å². The maximum atomic E-state index is 13.0. The van der Waals surface area contributed by atoms with Gasteiger partial charge in [0.25, 0.3) is 0 Å². The first-order valence-corrected chi connectivity index (χ1v) is 9.65. The number of carbonyl (C=O) groups is 1. The third-order valence-electron chi connectivity index (χ3n) is 5.77. The zero-order valence-electron chi connectivity index (χ0n) is 14.3. The van der Waals surface area contributed by atoms with Crippen molar-refractivity contribution in [1.29, 1.82) is 0 Å². The molecule has 2 unspecified atom stereocenters. The molecule has 4 rings (SSSR count). The van der Waals surface area contributed by atoms with Gasteiger partial charge in [0.1, 0.15) is 0 Å². The standard InChI is InChI=1S/C20H24ClN3O/c21-17-7-3-6-14(10-17)19(13-4-1-2-5-13)23-20(25)15-8-9-16-12-22-24-18(16)11-15/h3,6-7,10,12-13,15,19H,1-2,4-5,8-9,11H2,(H,22,24)(H,23,25). The Morgan fingerprint density at radius 3 is 2.92 bits per heavy atom. The Hall–Kier alpha value is -1.81. The number of nitrogens with one attached hydrogen (secondary N) is 2. The third kappa shape index (κ3) is 3.59. The monoisotopic (exact) mass is 357 g/mol. The average Bonchev–Trinajstić information content (AvgIpc) is 3.30. The highest BCUT2D eigenvalue weighted by Gasteiger charge is 2.32. The lowest BCUT2D eigenvalue weighted by Crippen LogP contribution is -2.39. The number of hydrogen-bond acceptors (Lipinski definition) is 2. The molecule has 0 radical (unpaired) electrons. The fourth-order valence-corrected chi connectivity index (χ4v) is 4.57. The van der Waals surface area contributed by atoms with Crippen molar-refractivity contribution in [2.45, 2.75) is 51.0 Å². The van der Waals surface area contributed by atoms with Gasteiger partial charge in [-0.1, -0.05) is 36.6 Å². The number of carbonyl (C=O) groups excluding carboxylic acids is 1. The SMILES string of the molecule is O=C(NC(c1cccc(Cl)c1)C1CCCC1)C1CCc2cn[nH]c2C1. The van der Waals surface area contributed by atoms with Crippen molar-refractivity contribution in [2.75, 3.05) is 0 Å². The molecule has 2 aliphatic rings. The molecule has 0 bridgehead atoms. The van der Waals surface area contributed by atoms with Crippen LogP contribution in [0.2, 0.25) is 5.02 Å². The van der Waals surface area contributed by atoms with Crippen molar-refractivity contribution in [3.63, 3.8) is 0 Å². The van der Waals surface area contributed by atoms with Gasteiger partial charge < -0.3 is 5.32 Å². The fourth-order valence-electron chi connectivity index (χ4n) is 4.37. The van der Waals surface area contributed by atoms with Gasteiger partial charge in [-0.3, -0.25) is 9.89 Å². The van der Waals surface area contributed by atoms with Crippen molar-refractivity contribution in [3.8, 4) is 0 Å². The van der Waals surface area contributed by atoms with Gasteiger partial charge in [0.15, 0.2) is 0 Å². The highest BCUT2D eigenvalue weighted by molar-refractivity contribution is 6.30. The van der Waals surface area contributed by atoms with Crippen molar-refractivity contribution >= 4 is 17.5 Å². The van der Waals surface area contributed by atoms with E-state index in [-0.39, 0.29) is 17.9 Å². The molecule has 5 heteroatoms. The predicted molar refractivity (Wildman–Crippen MR) is 98.4 cm³/mol. The summed E-state index contributed by atoms with van der Waals surface area (Å²) in [6, 6.07) is 8.02. The molecule has 1 heterocycles. The van der Waals surface area contributed by atoms with Gasteiger partial charge in [-0.05, 0) is 54.9 Å². The summed E-state index contributed by atoms with van der Waals surface area (Å²) in [6.07, 6.45) is 9.31. The van der Waals surface area contributed by atoms with E-state index >= 15 is 0 Å². The van der Waals surface area contributed by atoms with E-state index in [1.165, 1.54) is 31.2 Å². The highest BCUT2D eigenvalue weighted by atomic mass is 35.5. The molecule has 0 spiro atoms. The number of nitrogens with zero attached hydrogens (tertiary/aromatic N) is 1. The Balaban J connectivity index is 1.51. The molecule has 2 N–H and O–H groups in total. The number of benzene rings is 1. The number of fused-ring (bicyclic) bond motifs is 1. The van der Waals surface area contributed by atoms with E-state index in [9.17, 15) is 4.79 Å². The summed E-state index contributed by atoms with van der Waals surface area (Å²) in [7, 11) is 0. The van der Waals surface area contributed by atoms with Gasteiger partial charge in [-0.25, -0.2) is 0 Å². The molecule has 0 saturated heterocycles. The first-order chi connectivity index (χ1) is 12.2. The van der Waals surface area contributed by atoms with Crippen molar-refractivity contribution in [2.24, 2.45) is 11.8 Å². The maximum absolute atomic E-state index is 13.0. The Kier molecular flexibility index (Phi) is 4.80. The van der Waals surface area contributed by atoms with E-state index < -0.39 is 0 Å². The largest absolute Gasteiger partial charge is 0.349 e. The minimum Gasteiger partial charge on any atom is -0.349 e. The summed E-state index contributed by atoms with van der Waals surface area (Å²) < 4.78 is 0. The highest BCUT2D eigenvalue weighted by Crippen LogP contribution is 2.37. The van der Waals surface area contributed by atoms with Crippen LogP contribution in [-0.2, 0) is 17.6 Å². The number of hydrogen-bond donors (Lipinski definition) is 2. The summed E-state index contributed by atoms with van der Waals surface area (Å²) in [5.74, 6) is 0.696. The second kappa shape index (κ2) is 7.20. The van der Waals surface area contributed by atoms with Crippen LogP contribution in [0.4, 0.5) is 0 Å². The Morgan fingerprint density at radius 1 is 1.28 bits per heavy atom. The zero-order valence-corrected chi connectivity index (χ0v) is 15.1. The average molecular weight is 358 g/mol. The van der Waals surface area contributed by atoms with Gasteiger partial charge >= 0.3 is 0 Å². The topological polar surface area (TPSA) is 57.8 Å². The number of rotatable bonds is 4. The molecular weight excluding hydrogens is 334 g/mol. The molecule has 2 atom stereocenters. The van der Waals surface area contributed by atoms with Crippen molar-refractivity contribution in [1.82, 2.24) is 15.5 Å². The molecule has 25 heavy (non-hydrogen) atoms. The summed E-state index contributed by atoms with van der Waals surface area (Å²) in [4.78, 5) is 13.0. The van der Waals surface area contributed by atoms with E-state index in [4.69, 9.17) is 11.6 Å². The van der Waals surface area contributed by atoms with Gasteiger partial charge in [0.05, 0.1) is 12.2 Å². The molecular formula is C20H24ClN3O. The van der Waals surface area contributed by atoms with Crippen LogP contribution in [0.25, 0.3) is 0 Å². The van der Waals surface area contributed by atoms with Crippen LogP contribution in [0.1, 0.15) is 55.0 Å². The number of aromatic nitrogens is 2. The molecule has 1 saturated carbocycles. The second-order valence-electron chi connectivity index (χ2n) is 7.40. The van der Waals surface area contributed by atoms with Crippen LogP contribution in [0.15, 0.2) is 30.5 Å². The Labute approximate surface area is 153 Å². The lowest BCUT2D eigenvalue weighted by molar-refractivity contribution is -0.126. The van der Waals surface area contributed by atoms with Gasteiger partial charge in [-0.15, -0.1) is 0 Å². The third-order valence-corrected chi connectivity index (χ3v) is 6.00. The summed E-state index contributed by atoms with van der Waals surface area (Å²) >= 11 is 6.20. The van der Waals surface area contributed by atoms with Crippen LogP contribution in [-0.4, -0.2) is 16.1 Å². The first kappa shape index (κ1) is 16.6. The summed E-state index contributed by atoms with van der Waals surface area (Å²) in [5, 5.41) is 11.2. The maximum Gasteiger partial charge on any atom is 0.224 e. The number of halogens is 1. The predicted octanol–water partition coefficient (Wildman–Crippen LogP) is 4.22. The molecule has 1 amide bonds. The zero-order chi connectivity index (χ0) is 17.2. The number of aryl methyl sites for hydroxylation is 1. The Morgan fingerprint density at radius 2 is 2.12 bits per heavy atom. The minimum atomic E-state index is 0.0241. The van der Waals surface area contributed by atoms with Gasteiger partial charge in [0.2, 0.25) is 5.91 Å². The summed E-state index contributed by atoms with van der Waals surface area (Å²) in [6.45, 7) is 0. The number of aromatic amines is 1. The van der Waals surface area contributed by atoms with Gasteiger partial charge in [-0.2, -0.15) is 5.10 Å². The Bertz CT molecular complexity index is 751. The van der Waals surface area contributed by atoms with Crippen LogP contribution >= 0.6 is 11.6 Å². The second-order valence-corrected chi connectivity index (χ2v) is 7.84. The molecule has 1 aromatic heterocycles. The molecule has 0 aliphatic heterocycles. The molecule has 1 aromatic carbocycles. The van der Waals surface area contributed by atoms with E-state index in [0.717, 1.165) is 35.5 Å². The molecule has 2 aliphatic carbocycles. The lowest BCUT2D eigenvalue weighted by Gasteiger charge is -2.29. The molecule has 4 nitrogen and oxygen atoms in total. The van der Waals surface area contributed by atoms with Crippen molar-refractivity contribution in [3.05, 3.63) is 52.3 Å². The molecule has 1 fully saturated rings. The molecule has 2 aromatic rings. The normalized spacial score (nSPS) is 21.7. The quantitative estimate of drug-likeness (QED) is 0.860. The summed E-state index contributed by atoms with van der Waals surface area (Å²) in [5.41, 5.74) is 3.50. The van der Waals surface area contributed by atoms with Crippen LogP contribution in [0.3, 0.4) is 0 Å². The van der Waals surface area contributed by atoms with Gasteiger partial charge in [0, 0.05) is 23.1 Å².